The molecule has 2 nitrogen and oxygen atoms in total. The van der Waals surface area contributed by atoms with Gasteiger partial charge >= 0.3 is 0 Å². The van der Waals surface area contributed by atoms with Crippen LogP contribution in [0, 0.1) is 0 Å². The van der Waals surface area contributed by atoms with Gasteiger partial charge in [-0.25, -0.2) is 0 Å². The number of rotatable bonds is 7. The lowest BCUT2D eigenvalue weighted by molar-refractivity contribution is -0.107. The van der Waals surface area contributed by atoms with E-state index in [-0.39, 0.29) is 13.2 Å². The third-order valence-electron chi connectivity index (χ3n) is 2.88. The Bertz CT molecular complexity index is 363. The Balaban J connectivity index is 0.00000289. The van der Waals surface area contributed by atoms with E-state index in [1.807, 2.05) is 24.3 Å². The third-order valence-corrected chi connectivity index (χ3v) is 2.88. The van der Waals surface area contributed by atoms with Crippen LogP contribution < -0.4 is 0 Å². The summed E-state index contributed by atoms with van der Waals surface area (Å²) in [5, 5.41) is 0. The monoisotopic (exact) mass is 248 g/mol. The van der Waals surface area contributed by atoms with Crippen molar-refractivity contribution in [3.8, 4) is 0 Å². The average molecular weight is 248 g/mol. The highest BCUT2D eigenvalue weighted by Crippen LogP contribution is 2.16. The fourth-order valence-corrected chi connectivity index (χ4v) is 1.71. The maximum absolute atomic E-state index is 11.8. The SMILES string of the molecule is C.CC(C)c1ccc(C(=O)CCCCC=O)cc1. The molecule has 0 aliphatic heterocycles. The lowest BCUT2D eigenvalue weighted by atomic mass is 9.99. The van der Waals surface area contributed by atoms with Crippen LogP contribution in [0.4, 0.5) is 0 Å². The van der Waals surface area contributed by atoms with Gasteiger partial charge in [-0.05, 0) is 24.3 Å². The lowest BCUT2D eigenvalue weighted by Crippen LogP contribution is -1.99. The smallest absolute Gasteiger partial charge is 0.162 e. The van der Waals surface area contributed by atoms with Crippen molar-refractivity contribution < 1.29 is 9.59 Å². The largest absolute Gasteiger partial charge is 0.303 e. The van der Waals surface area contributed by atoms with Crippen LogP contribution in [-0.4, -0.2) is 12.1 Å². The summed E-state index contributed by atoms with van der Waals surface area (Å²) >= 11 is 0. The van der Waals surface area contributed by atoms with E-state index in [0.717, 1.165) is 24.7 Å². The van der Waals surface area contributed by atoms with Crippen molar-refractivity contribution >= 4 is 12.1 Å². The van der Waals surface area contributed by atoms with Gasteiger partial charge in [0, 0.05) is 18.4 Å². The van der Waals surface area contributed by atoms with Crippen LogP contribution in [-0.2, 0) is 4.79 Å². The number of carbonyl (C=O) groups excluding carboxylic acids is 2. The highest BCUT2D eigenvalue weighted by Gasteiger charge is 2.06. The van der Waals surface area contributed by atoms with Crippen LogP contribution in [0.1, 0.15) is 68.8 Å². The average Bonchev–Trinajstić information content (AvgIpc) is 2.34. The van der Waals surface area contributed by atoms with Crippen molar-refractivity contribution in [2.24, 2.45) is 0 Å². The fourth-order valence-electron chi connectivity index (χ4n) is 1.71. The Labute approximate surface area is 110 Å². The van der Waals surface area contributed by atoms with Gasteiger partial charge in [-0.15, -0.1) is 0 Å². The molecule has 0 aliphatic rings. The molecule has 0 heterocycles. The molecule has 1 aromatic carbocycles. The maximum atomic E-state index is 11.8. The van der Waals surface area contributed by atoms with E-state index in [4.69, 9.17) is 0 Å². The summed E-state index contributed by atoms with van der Waals surface area (Å²) in [6, 6.07) is 7.83. The Morgan fingerprint density at radius 3 is 2.28 bits per heavy atom. The van der Waals surface area contributed by atoms with Crippen molar-refractivity contribution in [2.45, 2.75) is 52.9 Å². The number of Topliss-reactive ketones (excluding diaryl/α,β-unsaturated/α-hetero) is 1. The quantitative estimate of drug-likeness (QED) is 0.407. The second kappa shape index (κ2) is 8.62. The van der Waals surface area contributed by atoms with Gasteiger partial charge in [0.15, 0.2) is 5.78 Å². The number of carbonyl (C=O) groups is 2. The van der Waals surface area contributed by atoms with Crippen LogP contribution >= 0.6 is 0 Å². The molecular formula is C16H24O2. The topological polar surface area (TPSA) is 34.1 Å². The molecule has 0 amide bonds. The molecule has 0 radical (unpaired) electrons. The van der Waals surface area contributed by atoms with E-state index in [9.17, 15) is 9.59 Å². The predicted octanol–water partition coefficient (Wildman–Crippen LogP) is 4.39. The van der Waals surface area contributed by atoms with E-state index in [1.165, 1.54) is 5.56 Å². The molecule has 0 saturated heterocycles. The first-order valence-electron chi connectivity index (χ1n) is 6.22. The molecule has 0 atom stereocenters. The van der Waals surface area contributed by atoms with E-state index < -0.39 is 0 Å². The van der Waals surface area contributed by atoms with Crippen LogP contribution in [0.3, 0.4) is 0 Å². The number of hydrogen-bond acceptors (Lipinski definition) is 2. The van der Waals surface area contributed by atoms with Gasteiger partial charge in [0.2, 0.25) is 0 Å². The zero-order valence-corrected chi connectivity index (χ0v) is 10.6. The van der Waals surface area contributed by atoms with E-state index in [1.54, 1.807) is 0 Å². The number of aldehydes is 1. The number of ketones is 1. The van der Waals surface area contributed by atoms with E-state index in [2.05, 4.69) is 13.8 Å². The molecule has 0 spiro atoms. The second-order valence-corrected chi connectivity index (χ2v) is 4.61. The van der Waals surface area contributed by atoms with Gasteiger partial charge in [-0.2, -0.15) is 0 Å². The van der Waals surface area contributed by atoms with Gasteiger partial charge < -0.3 is 4.79 Å². The zero-order valence-electron chi connectivity index (χ0n) is 10.6. The Hall–Kier alpha value is -1.44. The second-order valence-electron chi connectivity index (χ2n) is 4.61. The van der Waals surface area contributed by atoms with Gasteiger partial charge in [-0.3, -0.25) is 4.79 Å². The molecule has 0 aromatic heterocycles. The number of unbranched alkanes of at least 4 members (excludes halogenated alkanes) is 2. The molecule has 1 rings (SSSR count). The van der Waals surface area contributed by atoms with Crippen LogP contribution in [0.25, 0.3) is 0 Å². The van der Waals surface area contributed by atoms with E-state index in [0.29, 0.717) is 18.8 Å². The minimum Gasteiger partial charge on any atom is -0.303 e. The summed E-state index contributed by atoms with van der Waals surface area (Å²) in [7, 11) is 0. The minimum absolute atomic E-state index is 0. The minimum atomic E-state index is 0. The summed E-state index contributed by atoms with van der Waals surface area (Å²) in [5.41, 5.74) is 2.03. The van der Waals surface area contributed by atoms with Gasteiger partial charge in [-0.1, -0.05) is 45.5 Å². The first-order chi connectivity index (χ1) is 8.15. The molecule has 0 N–H and O–H groups in total. The lowest BCUT2D eigenvalue weighted by Gasteiger charge is -2.06. The van der Waals surface area contributed by atoms with Crippen LogP contribution in [0.5, 0.6) is 0 Å². The molecule has 18 heavy (non-hydrogen) atoms. The summed E-state index contributed by atoms with van der Waals surface area (Å²) in [4.78, 5) is 21.9. The first-order valence-corrected chi connectivity index (χ1v) is 6.22. The summed E-state index contributed by atoms with van der Waals surface area (Å²) in [6.45, 7) is 4.27. The highest BCUT2D eigenvalue weighted by molar-refractivity contribution is 5.96. The standard InChI is InChI=1S/C15H20O2.CH4/c1-12(2)13-7-9-14(10-8-13)15(17)6-4-3-5-11-16;/h7-12H,3-6H2,1-2H3;1H4. The molecule has 100 valence electrons. The van der Waals surface area contributed by atoms with Crippen LogP contribution in [0.2, 0.25) is 0 Å². The number of hydrogen-bond donors (Lipinski definition) is 0. The van der Waals surface area contributed by atoms with E-state index >= 15 is 0 Å². The first kappa shape index (κ1) is 16.6. The van der Waals surface area contributed by atoms with Crippen LogP contribution in [0.15, 0.2) is 24.3 Å². The molecule has 0 aliphatic carbocycles. The third kappa shape index (κ3) is 5.26. The normalized spacial score (nSPS) is 9.94. The summed E-state index contributed by atoms with van der Waals surface area (Å²) in [6.07, 6.45) is 3.60. The van der Waals surface area contributed by atoms with Crippen molar-refractivity contribution in [1.82, 2.24) is 0 Å². The Kier molecular flexibility index (Phi) is 7.93. The fraction of sp³-hybridized carbons (Fsp3) is 0.500. The van der Waals surface area contributed by atoms with Crippen molar-refractivity contribution in [3.63, 3.8) is 0 Å². The molecule has 1 aromatic rings. The molecule has 0 saturated carbocycles. The number of benzene rings is 1. The van der Waals surface area contributed by atoms with Crippen molar-refractivity contribution in [3.05, 3.63) is 35.4 Å². The maximum Gasteiger partial charge on any atom is 0.162 e. The highest BCUT2D eigenvalue weighted by atomic mass is 16.1. The Morgan fingerprint density at radius 2 is 1.78 bits per heavy atom. The molecule has 0 bridgehead atoms. The zero-order chi connectivity index (χ0) is 12.7. The van der Waals surface area contributed by atoms with Gasteiger partial charge in [0.05, 0.1) is 0 Å². The Morgan fingerprint density at radius 1 is 1.17 bits per heavy atom. The van der Waals surface area contributed by atoms with Crippen molar-refractivity contribution in [1.29, 1.82) is 0 Å². The summed E-state index contributed by atoms with van der Waals surface area (Å²) < 4.78 is 0. The van der Waals surface area contributed by atoms with Crippen molar-refractivity contribution in [2.75, 3.05) is 0 Å². The van der Waals surface area contributed by atoms with Gasteiger partial charge in [0.1, 0.15) is 6.29 Å². The van der Waals surface area contributed by atoms with Gasteiger partial charge in [0.25, 0.3) is 0 Å². The molecular weight excluding hydrogens is 224 g/mol. The molecule has 0 fully saturated rings. The summed E-state index contributed by atoms with van der Waals surface area (Å²) in [5.74, 6) is 0.665. The molecule has 2 heteroatoms. The predicted molar refractivity (Wildman–Crippen MR) is 76.1 cm³/mol. The molecule has 0 unspecified atom stereocenters.